The molecule has 9 nitrogen and oxygen atoms in total. The average molecular weight is 320 g/mol. The molecule has 0 aliphatic carbocycles. The Hall–Kier alpha value is -2.81. The molecule has 0 fully saturated rings. The zero-order chi connectivity index (χ0) is 16.7. The van der Waals surface area contributed by atoms with Gasteiger partial charge in [0.25, 0.3) is 5.91 Å². The third-order valence-corrected chi connectivity index (χ3v) is 3.01. The van der Waals surface area contributed by atoms with E-state index in [2.05, 4.69) is 20.5 Å². The summed E-state index contributed by atoms with van der Waals surface area (Å²) in [5, 5.41) is 9.19. The summed E-state index contributed by atoms with van der Waals surface area (Å²) in [6, 6.07) is 5.00. The van der Waals surface area contributed by atoms with E-state index >= 15 is 0 Å². The van der Waals surface area contributed by atoms with E-state index in [0.29, 0.717) is 49.0 Å². The van der Waals surface area contributed by atoms with Gasteiger partial charge in [0, 0.05) is 25.6 Å². The second-order valence-corrected chi connectivity index (χ2v) is 4.65. The zero-order valence-corrected chi connectivity index (χ0v) is 12.8. The molecule has 1 heterocycles. The topological polar surface area (TPSA) is 141 Å². The van der Waals surface area contributed by atoms with Gasteiger partial charge in [-0.1, -0.05) is 0 Å². The number of nitrogen functional groups attached to an aromatic ring is 1. The number of aromatic amines is 1. The highest BCUT2D eigenvalue weighted by Crippen LogP contribution is 2.24. The summed E-state index contributed by atoms with van der Waals surface area (Å²) in [4.78, 5) is 16.3. The molecule has 124 valence electrons. The summed E-state index contributed by atoms with van der Waals surface area (Å²) in [6.07, 6.45) is 0.491. The Kier molecular flexibility index (Phi) is 5.75. The third kappa shape index (κ3) is 4.58. The Morgan fingerprint density at radius 1 is 1.43 bits per heavy atom. The predicted molar refractivity (Wildman–Crippen MR) is 84.4 cm³/mol. The van der Waals surface area contributed by atoms with Crippen LogP contribution in [0.4, 0.5) is 5.95 Å². The molecule has 2 rings (SSSR count). The monoisotopic (exact) mass is 320 g/mol. The van der Waals surface area contributed by atoms with Crippen LogP contribution < -0.4 is 26.3 Å². The summed E-state index contributed by atoms with van der Waals surface area (Å²) >= 11 is 0. The van der Waals surface area contributed by atoms with E-state index in [-0.39, 0.29) is 11.9 Å². The number of hydrogen-bond donors (Lipinski definition) is 4. The number of methoxy groups -OCH3 is 1. The van der Waals surface area contributed by atoms with Crippen LogP contribution in [0.3, 0.4) is 0 Å². The molecule has 0 saturated carbocycles. The van der Waals surface area contributed by atoms with Crippen LogP contribution >= 0.6 is 0 Å². The number of amides is 1. The Labute approximate surface area is 133 Å². The SMILES string of the molecule is COc1ccc(C(=O)NCCc2nc(N)n[nH]2)c(OCCN)c1. The first-order valence-electron chi connectivity index (χ1n) is 7.10. The number of anilines is 1. The first kappa shape index (κ1) is 16.6. The normalized spacial score (nSPS) is 10.3. The summed E-state index contributed by atoms with van der Waals surface area (Å²) in [7, 11) is 1.55. The van der Waals surface area contributed by atoms with Crippen molar-refractivity contribution in [3.05, 3.63) is 29.6 Å². The van der Waals surface area contributed by atoms with Crippen molar-refractivity contribution < 1.29 is 14.3 Å². The molecular weight excluding hydrogens is 300 g/mol. The molecule has 0 spiro atoms. The lowest BCUT2D eigenvalue weighted by Gasteiger charge is -2.12. The van der Waals surface area contributed by atoms with Gasteiger partial charge in [0.2, 0.25) is 5.95 Å². The van der Waals surface area contributed by atoms with Crippen LogP contribution in [-0.4, -0.2) is 47.9 Å². The molecular formula is C14H20N6O3. The lowest BCUT2D eigenvalue weighted by Crippen LogP contribution is -2.26. The molecule has 1 aromatic carbocycles. The molecule has 1 amide bonds. The fourth-order valence-electron chi connectivity index (χ4n) is 1.92. The summed E-state index contributed by atoms with van der Waals surface area (Å²) in [5.41, 5.74) is 11.3. The van der Waals surface area contributed by atoms with Crippen molar-refractivity contribution in [2.45, 2.75) is 6.42 Å². The van der Waals surface area contributed by atoms with Crippen molar-refractivity contribution in [3.8, 4) is 11.5 Å². The lowest BCUT2D eigenvalue weighted by molar-refractivity contribution is 0.0950. The minimum atomic E-state index is -0.257. The molecule has 9 heteroatoms. The van der Waals surface area contributed by atoms with E-state index in [9.17, 15) is 4.79 Å². The van der Waals surface area contributed by atoms with Gasteiger partial charge in [-0.25, -0.2) is 0 Å². The Morgan fingerprint density at radius 3 is 2.91 bits per heavy atom. The smallest absolute Gasteiger partial charge is 0.255 e. The van der Waals surface area contributed by atoms with Gasteiger partial charge >= 0.3 is 0 Å². The van der Waals surface area contributed by atoms with Gasteiger partial charge in [0.1, 0.15) is 23.9 Å². The van der Waals surface area contributed by atoms with Crippen LogP contribution in [0.1, 0.15) is 16.2 Å². The maximum atomic E-state index is 12.3. The highest BCUT2D eigenvalue weighted by molar-refractivity contribution is 5.97. The molecule has 0 radical (unpaired) electrons. The zero-order valence-electron chi connectivity index (χ0n) is 12.8. The van der Waals surface area contributed by atoms with Crippen LogP contribution in [-0.2, 0) is 6.42 Å². The Bertz CT molecular complexity index is 658. The fourth-order valence-corrected chi connectivity index (χ4v) is 1.92. The largest absolute Gasteiger partial charge is 0.497 e. The summed E-state index contributed by atoms with van der Waals surface area (Å²) in [5.74, 6) is 1.56. The summed E-state index contributed by atoms with van der Waals surface area (Å²) < 4.78 is 10.6. The number of aromatic nitrogens is 3. The standard InChI is InChI=1S/C14H20N6O3/c1-22-9-2-3-10(11(8-9)23-7-5-15)13(21)17-6-4-12-18-14(16)20-19-12/h2-3,8H,4-7,15H2,1H3,(H,17,21)(H3,16,18,19,20). The van der Waals surface area contributed by atoms with Crippen molar-refractivity contribution >= 4 is 11.9 Å². The van der Waals surface area contributed by atoms with Gasteiger partial charge in [0.15, 0.2) is 0 Å². The number of nitrogens with one attached hydrogen (secondary N) is 2. The number of carbonyl (C=O) groups excluding carboxylic acids is 1. The molecule has 2 aromatic rings. The molecule has 6 N–H and O–H groups in total. The third-order valence-electron chi connectivity index (χ3n) is 3.01. The van der Waals surface area contributed by atoms with Crippen molar-refractivity contribution in [3.63, 3.8) is 0 Å². The van der Waals surface area contributed by atoms with Crippen molar-refractivity contribution in [1.82, 2.24) is 20.5 Å². The number of nitrogens with two attached hydrogens (primary N) is 2. The Morgan fingerprint density at radius 2 is 2.26 bits per heavy atom. The van der Waals surface area contributed by atoms with Crippen molar-refractivity contribution in [2.24, 2.45) is 5.73 Å². The highest BCUT2D eigenvalue weighted by atomic mass is 16.5. The van der Waals surface area contributed by atoms with Gasteiger partial charge < -0.3 is 26.3 Å². The van der Waals surface area contributed by atoms with E-state index in [1.54, 1.807) is 25.3 Å². The molecule has 0 atom stereocenters. The van der Waals surface area contributed by atoms with E-state index in [0.717, 1.165) is 0 Å². The number of carbonyl (C=O) groups is 1. The first-order chi connectivity index (χ1) is 11.1. The van der Waals surface area contributed by atoms with Crippen molar-refractivity contribution in [2.75, 3.05) is 32.5 Å². The molecule has 0 bridgehead atoms. The van der Waals surface area contributed by atoms with Crippen LogP contribution in [0.25, 0.3) is 0 Å². The van der Waals surface area contributed by atoms with Crippen LogP contribution in [0.15, 0.2) is 18.2 Å². The minimum absolute atomic E-state index is 0.180. The van der Waals surface area contributed by atoms with E-state index in [1.807, 2.05) is 0 Å². The fraction of sp³-hybridized carbons (Fsp3) is 0.357. The summed E-state index contributed by atoms with van der Waals surface area (Å²) in [6.45, 7) is 1.05. The van der Waals surface area contributed by atoms with Gasteiger partial charge in [-0.2, -0.15) is 4.98 Å². The maximum absolute atomic E-state index is 12.3. The second kappa shape index (κ2) is 7.99. The molecule has 0 aliphatic heterocycles. The number of ether oxygens (including phenoxy) is 2. The van der Waals surface area contributed by atoms with Gasteiger partial charge in [-0.3, -0.25) is 9.89 Å². The lowest BCUT2D eigenvalue weighted by atomic mass is 10.1. The number of benzene rings is 1. The predicted octanol–water partition coefficient (Wildman–Crippen LogP) is -0.294. The number of H-pyrrole nitrogens is 1. The van der Waals surface area contributed by atoms with Gasteiger partial charge in [-0.05, 0) is 12.1 Å². The molecule has 23 heavy (non-hydrogen) atoms. The second-order valence-electron chi connectivity index (χ2n) is 4.65. The van der Waals surface area contributed by atoms with Gasteiger partial charge in [-0.15, -0.1) is 5.10 Å². The molecule has 0 saturated heterocycles. The first-order valence-corrected chi connectivity index (χ1v) is 7.10. The van der Waals surface area contributed by atoms with E-state index < -0.39 is 0 Å². The highest BCUT2D eigenvalue weighted by Gasteiger charge is 2.14. The molecule has 0 aliphatic rings. The molecule has 0 unspecified atom stereocenters. The quantitative estimate of drug-likeness (QED) is 0.523. The molecule has 1 aromatic heterocycles. The van der Waals surface area contributed by atoms with Crippen molar-refractivity contribution in [1.29, 1.82) is 0 Å². The van der Waals surface area contributed by atoms with Crippen LogP contribution in [0.2, 0.25) is 0 Å². The number of hydrogen-bond acceptors (Lipinski definition) is 7. The van der Waals surface area contributed by atoms with Crippen LogP contribution in [0.5, 0.6) is 11.5 Å². The number of rotatable bonds is 8. The van der Waals surface area contributed by atoms with Crippen LogP contribution in [0, 0.1) is 0 Å². The van der Waals surface area contributed by atoms with Gasteiger partial charge in [0.05, 0.1) is 12.7 Å². The van der Waals surface area contributed by atoms with E-state index in [4.69, 9.17) is 20.9 Å². The van der Waals surface area contributed by atoms with E-state index in [1.165, 1.54) is 0 Å². The number of nitrogens with zero attached hydrogens (tertiary/aromatic N) is 2. The average Bonchev–Trinajstić information content (AvgIpc) is 2.97. The minimum Gasteiger partial charge on any atom is -0.497 e. The maximum Gasteiger partial charge on any atom is 0.255 e. The Balaban J connectivity index is 1.99.